The second kappa shape index (κ2) is 8.24. The van der Waals surface area contributed by atoms with Crippen LogP contribution in [0.2, 0.25) is 0 Å². The van der Waals surface area contributed by atoms with E-state index in [9.17, 15) is 8.42 Å². The molecule has 0 spiro atoms. The molecule has 7 heteroatoms. The largest absolute Gasteiger partial charge is 0.377 e. The molecule has 0 saturated carbocycles. The Morgan fingerprint density at radius 1 is 1.38 bits per heavy atom. The molecule has 120 valence electrons. The van der Waals surface area contributed by atoms with Crippen molar-refractivity contribution in [2.75, 3.05) is 26.2 Å². The standard InChI is InChI=1S/C14H24N2O3S2/c1-2-15-9-8-13-6-7-14(20-13)21(17,18)16-11-12-5-3-4-10-19-12/h6-7,12,15-16H,2-5,8-11H2,1H3. The molecule has 2 rings (SSSR count). The van der Waals surface area contributed by atoms with E-state index < -0.39 is 10.0 Å². The lowest BCUT2D eigenvalue weighted by Crippen LogP contribution is -2.35. The molecular weight excluding hydrogens is 308 g/mol. The number of ether oxygens (including phenoxy) is 1. The van der Waals surface area contributed by atoms with Gasteiger partial charge in [-0.15, -0.1) is 11.3 Å². The van der Waals surface area contributed by atoms with Crippen molar-refractivity contribution in [1.29, 1.82) is 0 Å². The maximum absolute atomic E-state index is 12.2. The highest BCUT2D eigenvalue weighted by Crippen LogP contribution is 2.22. The van der Waals surface area contributed by atoms with Gasteiger partial charge in [-0.1, -0.05) is 6.92 Å². The predicted octanol–water partition coefficient (Wildman–Crippen LogP) is 1.75. The van der Waals surface area contributed by atoms with E-state index in [1.54, 1.807) is 6.07 Å². The van der Waals surface area contributed by atoms with Gasteiger partial charge >= 0.3 is 0 Å². The first kappa shape index (κ1) is 16.9. The Kier molecular flexibility index (Phi) is 6.63. The summed E-state index contributed by atoms with van der Waals surface area (Å²) in [7, 11) is -3.40. The third kappa shape index (κ3) is 5.34. The number of rotatable bonds is 8. The summed E-state index contributed by atoms with van der Waals surface area (Å²) in [5.74, 6) is 0. The number of likely N-dealkylation sites (N-methyl/N-ethyl adjacent to an activating group) is 1. The molecule has 1 unspecified atom stereocenters. The lowest BCUT2D eigenvalue weighted by molar-refractivity contribution is 0.0200. The number of nitrogens with one attached hydrogen (secondary N) is 2. The van der Waals surface area contributed by atoms with Crippen LogP contribution < -0.4 is 10.0 Å². The molecule has 0 amide bonds. The van der Waals surface area contributed by atoms with Gasteiger partial charge in [-0.25, -0.2) is 13.1 Å². The maximum Gasteiger partial charge on any atom is 0.250 e. The van der Waals surface area contributed by atoms with Gasteiger partial charge < -0.3 is 10.1 Å². The Morgan fingerprint density at radius 2 is 2.24 bits per heavy atom. The molecule has 1 saturated heterocycles. The number of thiophene rings is 1. The first-order valence-electron chi connectivity index (χ1n) is 7.52. The van der Waals surface area contributed by atoms with Crippen molar-refractivity contribution in [3.63, 3.8) is 0 Å². The monoisotopic (exact) mass is 332 g/mol. The summed E-state index contributed by atoms with van der Waals surface area (Å²) in [4.78, 5) is 1.09. The van der Waals surface area contributed by atoms with Crippen LogP contribution in [0.1, 0.15) is 31.1 Å². The average Bonchev–Trinajstić information content (AvgIpc) is 2.96. The zero-order valence-electron chi connectivity index (χ0n) is 12.4. The van der Waals surface area contributed by atoms with Gasteiger partial charge in [0.1, 0.15) is 4.21 Å². The van der Waals surface area contributed by atoms with Crippen molar-refractivity contribution in [1.82, 2.24) is 10.0 Å². The Bertz CT molecular complexity index is 522. The summed E-state index contributed by atoms with van der Waals surface area (Å²) in [6.45, 7) is 4.97. The zero-order valence-corrected chi connectivity index (χ0v) is 14.1. The Morgan fingerprint density at radius 3 is 2.95 bits per heavy atom. The molecule has 1 fully saturated rings. The zero-order chi connectivity index (χ0) is 15.1. The molecule has 2 N–H and O–H groups in total. The van der Waals surface area contributed by atoms with Crippen LogP contribution in [0.15, 0.2) is 16.3 Å². The molecule has 1 aromatic heterocycles. The van der Waals surface area contributed by atoms with Gasteiger partial charge in [0.25, 0.3) is 0 Å². The smallest absolute Gasteiger partial charge is 0.250 e. The summed E-state index contributed by atoms with van der Waals surface area (Å²) in [6.07, 6.45) is 3.99. The van der Waals surface area contributed by atoms with E-state index in [1.807, 2.05) is 6.07 Å². The molecule has 1 atom stereocenters. The van der Waals surface area contributed by atoms with E-state index in [0.717, 1.165) is 50.3 Å². The minimum Gasteiger partial charge on any atom is -0.377 e. The summed E-state index contributed by atoms with van der Waals surface area (Å²) >= 11 is 1.35. The van der Waals surface area contributed by atoms with Crippen molar-refractivity contribution in [2.24, 2.45) is 0 Å². The van der Waals surface area contributed by atoms with Gasteiger partial charge in [-0.2, -0.15) is 0 Å². The summed E-state index contributed by atoms with van der Waals surface area (Å²) in [6, 6.07) is 3.59. The minimum absolute atomic E-state index is 0.0155. The fraction of sp³-hybridized carbons (Fsp3) is 0.714. The molecule has 0 aromatic carbocycles. The van der Waals surface area contributed by atoms with E-state index in [1.165, 1.54) is 11.3 Å². The number of sulfonamides is 1. The van der Waals surface area contributed by atoms with Crippen LogP contribution in [0.4, 0.5) is 0 Å². The Balaban J connectivity index is 1.86. The van der Waals surface area contributed by atoms with Crippen molar-refractivity contribution < 1.29 is 13.2 Å². The van der Waals surface area contributed by atoms with Crippen molar-refractivity contribution in [3.05, 3.63) is 17.0 Å². The highest BCUT2D eigenvalue weighted by Gasteiger charge is 2.20. The van der Waals surface area contributed by atoms with Crippen LogP contribution in [0, 0.1) is 0 Å². The highest BCUT2D eigenvalue weighted by atomic mass is 32.2. The van der Waals surface area contributed by atoms with Crippen LogP contribution in [0.5, 0.6) is 0 Å². The van der Waals surface area contributed by atoms with Crippen molar-refractivity contribution in [2.45, 2.75) is 42.9 Å². The van der Waals surface area contributed by atoms with Gasteiger partial charge in [0.2, 0.25) is 10.0 Å². The second-order valence-corrected chi connectivity index (χ2v) is 8.33. The van der Waals surface area contributed by atoms with Crippen LogP contribution in [0.25, 0.3) is 0 Å². The molecule has 21 heavy (non-hydrogen) atoms. The molecule has 0 aliphatic carbocycles. The molecule has 1 aliphatic rings. The lowest BCUT2D eigenvalue weighted by Gasteiger charge is -2.22. The fourth-order valence-electron chi connectivity index (χ4n) is 2.27. The van der Waals surface area contributed by atoms with Gasteiger partial charge in [0, 0.05) is 18.0 Å². The van der Waals surface area contributed by atoms with Crippen molar-refractivity contribution in [3.8, 4) is 0 Å². The number of hydrogen-bond donors (Lipinski definition) is 2. The molecular formula is C14H24N2O3S2. The first-order chi connectivity index (χ1) is 10.1. The van der Waals surface area contributed by atoms with Crippen LogP contribution in [0.3, 0.4) is 0 Å². The Hall–Kier alpha value is -0.470. The normalized spacial score (nSPS) is 19.8. The van der Waals surface area contributed by atoms with Crippen LogP contribution >= 0.6 is 11.3 Å². The fourth-order valence-corrected chi connectivity index (χ4v) is 4.73. The van der Waals surface area contributed by atoms with Crippen LogP contribution in [-0.2, 0) is 21.2 Å². The average molecular weight is 332 g/mol. The SMILES string of the molecule is CCNCCc1ccc(S(=O)(=O)NCC2CCCCO2)s1. The highest BCUT2D eigenvalue weighted by molar-refractivity contribution is 7.91. The molecule has 0 bridgehead atoms. The quantitative estimate of drug-likeness (QED) is 0.712. The van der Waals surface area contributed by atoms with E-state index in [4.69, 9.17) is 4.74 Å². The Labute approximate surface area is 131 Å². The molecule has 2 heterocycles. The first-order valence-corrected chi connectivity index (χ1v) is 9.82. The van der Waals surface area contributed by atoms with E-state index in [0.29, 0.717) is 10.8 Å². The molecule has 1 aliphatic heterocycles. The topological polar surface area (TPSA) is 67.4 Å². The third-order valence-corrected chi connectivity index (χ3v) is 6.54. The van der Waals surface area contributed by atoms with E-state index in [-0.39, 0.29) is 6.10 Å². The van der Waals surface area contributed by atoms with E-state index >= 15 is 0 Å². The molecule has 0 radical (unpaired) electrons. The van der Waals surface area contributed by atoms with Gasteiger partial charge in [0.05, 0.1) is 6.10 Å². The lowest BCUT2D eigenvalue weighted by atomic mass is 10.1. The second-order valence-electron chi connectivity index (χ2n) is 5.16. The predicted molar refractivity (Wildman–Crippen MR) is 85.3 cm³/mol. The van der Waals surface area contributed by atoms with Crippen LogP contribution in [-0.4, -0.2) is 40.8 Å². The number of hydrogen-bond acceptors (Lipinski definition) is 5. The third-order valence-electron chi connectivity index (χ3n) is 3.48. The van der Waals surface area contributed by atoms with Gasteiger partial charge in [-0.05, 0) is 50.9 Å². The minimum atomic E-state index is -3.40. The van der Waals surface area contributed by atoms with Gasteiger partial charge in [-0.3, -0.25) is 0 Å². The van der Waals surface area contributed by atoms with Crippen molar-refractivity contribution >= 4 is 21.4 Å². The molecule has 5 nitrogen and oxygen atoms in total. The van der Waals surface area contributed by atoms with Gasteiger partial charge in [0.15, 0.2) is 0 Å². The summed E-state index contributed by atoms with van der Waals surface area (Å²) in [5, 5.41) is 3.24. The summed E-state index contributed by atoms with van der Waals surface area (Å²) < 4.78 is 33.1. The van der Waals surface area contributed by atoms with E-state index in [2.05, 4.69) is 17.0 Å². The maximum atomic E-state index is 12.2. The summed E-state index contributed by atoms with van der Waals surface area (Å²) in [5.41, 5.74) is 0. The molecule has 1 aromatic rings.